The van der Waals surface area contributed by atoms with Crippen molar-refractivity contribution in [2.24, 2.45) is 0 Å². The van der Waals surface area contributed by atoms with Gasteiger partial charge < -0.3 is 0 Å². The smallest absolute Gasteiger partial charge is 0.258 e. The minimum absolute atomic E-state index is 0.109. The maximum absolute atomic E-state index is 11.9. The van der Waals surface area contributed by atoms with Crippen molar-refractivity contribution in [3.63, 3.8) is 0 Å². The van der Waals surface area contributed by atoms with Crippen molar-refractivity contribution in [3.8, 4) is 0 Å². The molecule has 0 bridgehead atoms. The Kier molecular flexibility index (Phi) is 5.48. The van der Waals surface area contributed by atoms with Gasteiger partial charge >= 0.3 is 0 Å². The van der Waals surface area contributed by atoms with Crippen LogP contribution in [0.4, 0.5) is 0 Å². The Morgan fingerprint density at radius 3 is 2.68 bits per heavy atom. The molecule has 0 aliphatic rings. The van der Waals surface area contributed by atoms with Crippen LogP contribution in [-0.2, 0) is 0 Å². The normalized spacial score (nSPS) is 10.5. The maximum Gasteiger partial charge on any atom is 0.258 e. The highest BCUT2D eigenvalue weighted by Gasteiger charge is 2.03. The number of hydrogen-bond donors (Lipinski definition) is 0. The molecule has 0 amide bonds. The molecule has 2 rings (SSSR count). The number of hydrogen-bond acceptors (Lipinski definition) is 2. The summed E-state index contributed by atoms with van der Waals surface area (Å²) in [5.74, 6) is 0. The minimum Gasteiger partial charge on any atom is -0.269 e. The quantitative estimate of drug-likeness (QED) is 0.786. The van der Waals surface area contributed by atoms with Gasteiger partial charge in [0.1, 0.15) is 5.65 Å². The van der Waals surface area contributed by atoms with Gasteiger partial charge in [-0.1, -0.05) is 51.3 Å². The first kappa shape index (κ1) is 14.6. The Labute approximate surface area is 113 Å². The van der Waals surface area contributed by atoms with Crippen LogP contribution in [0.25, 0.3) is 11.2 Å². The maximum atomic E-state index is 11.9. The fraction of sp³-hybridized carbons (Fsp3) is 0.125. The van der Waals surface area contributed by atoms with Gasteiger partial charge in [0.05, 0.1) is 5.69 Å². The van der Waals surface area contributed by atoms with E-state index in [1.165, 1.54) is 10.5 Å². The summed E-state index contributed by atoms with van der Waals surface area (Å²) in [6.07, 6.45) is 6.77. The van der Waals surface area contributed by atoms with Crippen molar-refractivity contribution in [1.29, 1.82) is 0 Å². The average Bonchev–Trinajstić information content (AvgIpc) is 2.47. The van der Waals surface area contributed by atoms with E-state index in [-0.39, 0.29) is 5.56 Å². The van der Waals surface area contributed by atoms with Crippen LogP contribution in [0.1, 0.15) is 19.5 Å². The summed E-state index contributed by atoms with van der Waals surface area (Å²) < 4.78 is 1.50. The number of aromatic nitrogens is 2. The molecule has 0 radical (unpaired) electrons. The largest absolute Gasteiger partial charge is 0.269 e. The lowest BCUT2D eigenvalue weighted by molar-refractivity contribution is 1.04. The Morgan fingerprint density at radius 2 is 2.05 bits per heavy atom. The summed E-state index contributed by atoms with van der Waals surface area (Å²) in [5, 5.41) is 0. The van der Waals surface area contributed by atoms with E-state index in [1.54, 1.807) is 36.6 Å². The van der Waals surface area contributed by atoms with Crippen molar-refractivity contribution in [2.75, 3.05) is 0 Å². The van der Waals surface area contributed by atoms with E-state index in [4.69, 9.17) is 0 Å². The molecule has 0 aliphatic carbocycles. The molecule has 2 heterocycles. The zero-order valence-corrected chi connectivity index (χ0v) is 11.3. The van der Waals surface area contributed by atoms with Crippen LogP contribution in [0.15, 0.2) is 66.6 Å². The molecule has 0 spiro atoms. The van der Waals surface area contributed by atoms with Gasteiger partial charge in [-0.2, -0.15) is 0 Å². The van der Waals surface area contributed by atoms with E-state index in [2.05, 4.69) is 18.1 Å². The SMILES string of the molecule is C=C/C=C(\C=C)c1cc(=O)n2ccccc2n1.CC. The average molecular weight is 254 g/mol. The van der Waals surface area contributed by atoms with Gasteiger partial charge in [-0.05, 0) is 17.7 Å². The predicted octanol–water partition coefficient (Wildman–Crippen LogP) is 3.48. The fourth-order valence-electron chi connectivity index (χ4n) is 1.59. The van der Waals surface area contributed by atoms with Gasteiger partial charge in [-0.3, -0.25) is 9.20 Å². The number of fused-ring (bicyclic) bond motifs is 1. The van der Waals surface area contributed by atoms with Gasteiger partial charge in [0, 0.05) is 12.3 Å². The molecular weight excluding hydrogens is 236 g/mol. The third kappa shape index (κ3) is 3.28. The highest BCUT2D eigenvalue weighted by molar-refractivity contribution is 5.73. The second-order valence-corrected chi connectivity index (χ2v) is 3.47. The molecule has 0 unspecified atom stereocenters. The number of nitrogens with zero attached hydrogens (tertiary/aromatic N) is 2. The summed E-state index contributed by atoms with van der Waals surface area (Å²) in [4.78, 5) is 16.3. The van der Waals surface area contributed by atoms with Crippen LogP contribution in [0.2, 0.25) is 0 Å². The predicted molar refractivity (Wildman–Crippen MR) is 81.2 cm³/mol. The van der Waals surface area contributed by atoms with Gasteiger partial charge in [0.2, 0.25) is 0 Å². The van der Waals surface area contributed by atoms with Crippen LogP contribution in [-0.4, -0.2) is 9.38 Å². The van der Waals surface area contributed by atoms with Crippen molar-refractivity contribution in [3.05, 3.63) is 77.9 Å². The molecule has 0 aromatic carbocycles. The van der Waals surface area contributed by atoms with E-state index in [1.807, 2.05) is 19.9 Å². The van der Waals surface area contributed by atoms with Crippen molar-refractivity contribution in [1.82, 2.24) is 9.38 Å². The van der Waals surface area contributed by atoms with E-state index < -0.39 is 0 Å². The molecule has 98 valence electrons. The van der Waals surface area contributed by atoms with Crippen molar-refractivity contribution in [2.45, 2.75) is 13.8 Å². The van der Waals surface area contributed by atoms with Crippen molar-refractivity contribution < 1.29 is 0 Å². The molecule has 0 aliphatic heterocycles. The molecule has 19 heavy (non-hydrogen) atoms. The first-order valence-electron chi connectivity index (χ1n) is 6.20. The van der Waals surface area contributed by atoms with E-state index in [0.29, 0.717) is 11.3 Å². The summed E-state index contributed by atoms with van der Waals surface area (Å²) in [6, 6.07) is 6.92. The first-order chi connectivity index (χ1) is 9.26. The van der Waals surface area contributed by atoms with Crippen LogP contribution in [0.5, 0.6) is 0 Å². The number of pyridine rings is 1. The molecule has 0 N–H and O–H groups in total. The Morgan fingerprint density at radius 1 is 1.32 bits per heavy atom. The van der Waals surface area contributed by atoms with Gasteiger partial charge in [-0.25, -0.2) is 4.98 Å². The topological polar surface area (TPSA) is 34.4 Å². The summed E-state index contributed by atoms with van der Waals surface area (Å²) in [5.41, 5.74) is 1.90. The van der Waals surface area contributed by atoms with E-state index in [9.17, 15) is 4.79 Å². The van der Waals surface area contributed by atoms with Crippen LogP contribution in [0, 0.1) is 0 Å². The van der Waals surface area contributed by atoms with Crippen LogP contribution in [0.3, 0.4) is 0 Å². The van der Waals surface area contributed by atoms with Crippen LogP contribution >= 0.6 is 0 Å². The van der Waals surface area contributed by atoms with E-state index in [0.717, 1.165) is 5.57 Å². The van der Waals surface area contributed by atoms with Gasteiger partial charge in [-0.15, -0.1) is 0 Å². The molecular formula is C16H18N2O. The monoisotopic (exact) mass is 254 g/mol. The third-order valence-electron chi connectivity index (χ3n) is 2.38. The highest BCUT2D eigenvalue weighted by atomic mass is 16.1. The second-order valence-electron chi connectivity index (χ2n) is 3.47. The molecule has 2 aromatic rings. The van der Waals surface area contributed by atoms with Gasteiger partial charge in [0.25, 0.3) is 5.56 Å². The Hall–Kier alpha value is -2.42. The minimum atomic E-state index is -0.109. The molecule has 0 atom stereocenters. The first-order valence-corrected chi connectivity index (χ1v) is 6.20. The zero-order valence-electron chi connectivity index (χ0n) is 11.3. The molecule has 2 aromatic heterocycles. The standard InChI is InChI=1S/C14H12N2O.C2H6/c1-3-7-11(4-2)12-10-14(17)16-9-6-5-8-13(16)15-12;1-2/h3-10H,1-2H2;1-2H3/b11-7+;. The lowest BCUT2D eigenvalue weighted by Gasteiger charge is -2.03. The summed E-state index contributed by atoms with van der Waals surface area (Å²) in [6.45, 7) is 11.3. The lowest BCUT2D eigenvalue weighted by Crippen LogP contribution is -2.14. The summed E-state index contributed by atoms with van der Waals surface area (Å²) in [7, 11) is 0. The lowest BCUT2D eigenvalue weighted by atomic mass is 10.1. The number of allylic oxidation sites excluding steroid dienone is 4. The summed E-state index contributed by atoms with van der Waals surface area (Å²) >= 11 is 0. The van der Waals surface area contributed by atoms with E-state index >= 15 is 0 Å². The third-order valence-corrected chi connectivity index (χ3v) is 2.38. The molecule has 0 fully saturated rings. The highest BCUT2D eigenvalue weighted by Crippen LogP contribution is 2.12. The van der Waals surface area contributed by atoms with Crippen LogP contribution < -0.4 is 5.56 Å². The molecule has 3 heteroatoms. The Bertz CT molecular complexity index is 666. The van der Waals surface area contributed by atoms with Gasteiger partial charge in [0.15, 0.2) is 0 Å². The molecule has 0 saturated heterocycles. The Balaban J connectivity index is 0.000000861. The second kappa shape index (κ2) is 7.11. The molecule has 3 nitrogen and oxygen atoms in total. The van der Waals surface area contributed by atoms with Crippen molar-refractivity contribution >= 4 is 11.2 Å². The zero-order chi connectivity index (χ0) is 14.3. The number of rotatable bonds is 3. The fourth-order valence-corrected chi connectivity index (χ4v) is 1.59. The molecule has 0 saturated carbocycles.